The first-order valence-corrected chi connectivity index (χ1v) is 2.24. The molecule has 1 fully saturated rings. The lowest BCUT2D eigenvalue weighted by Crippen LogP contribution is -1.68. The van der Waals surface area contributed by atoms with Gasteiger partial charge in [0.1, 0.15) is 0 Å². The second-order valence-corrected chi connectivity index (χ2v) is 1.74. The molecule has 1 saturated carbocycles. The Morgan fingerprint density at radius 1 is 1.57 bits per heavy atom. The summed E-state index contributed by atoms with van der Waals surface area (Å²) in [6.45, 7) is 0. The van der Waals surface area contributed by atoms with Gasteiger partial charge in [-0.2, -0.15) is 5.26 Å². The fourth-order valence-corrected chi connectivity index (χ4v) is 0.522. The number of rotatable bonds is 0. The fourth-order valence-electron chi connectivity index (χ4n) is 0.522. The Morgan fingerprint density at radius 3 is 2.43 bits per heavy atom. The third kappa shape index (κ3) is 0.574. The smallest absolute Gasteiger partial charge is 0.0669 e. The van der Waals surface area contributed by atoms with Gasteiger partial charge in [0.25, 0.3) is 0 Å². The highest BCUT2D eigenvalue weighted by molar-refractivity contribution is 5.14. The molecule has 1 nitrogen and oxygen atoms in total. The van der Waals surface area contributed by atoms with Crippen molar-refractivity contribution >= 4 is 0 Å². The third-order valence-electron chi connectivity index (χ3n) is 1.17. The van der Waals surface area contributed by atoms with E-state index in [9.17, 15) is 0 Å². The van der Waals surface area contributed by atoms with E-state index < -0.39 is 0 Å². The molecule has 0 N–H and O–H groups in total. The molecule has 0 radical (unpaired) electrons. The van der Waals surface area contributed by atoms with Crippen molar-refractivity contribution in [2.24, 2.45) is 11.8 Å². The van der Waals surface area contributed by atoms with Gasteiger partial charge in [0, 0.05) is 5.92 Å². The van der Waals surface area contributed by atoms with Crippen LogP contribution in [0.2, 0.25) is 0 Å². The molecule has 0 unspecified atom stereocenters. The van der Waals surface area contributed by atoms with Crippen molar-refractivity contribution in [2.75, 3.05) is 0 Å². The Balaban J connectivity index is 2.39. The van der Waals surface area contributed by atoms with Crippen LogP contribution >= 0.6 is 0 Å². The van der Waals surface area contributed by atoms with Crippen LogP contribution in [0.5, 0.6) is 0 Å². The van der Waals surface area contributed by atoms with E-state index in [-0.39, 0.29) is 11.8 Å². The fraction of sp³-hybridized carbons (Fsp3) is 0.500. The van der Waals surface area contributed by atoms with E-state index in [2.05, 4.69) is 12.0 Å². The van der Waals surface area contributed by atoms with Gasteiger partial charge in [-0.05, 0) is 6.42 Å². The summed E-state index contributed by atoms with van der Waals surface area (Å²) in [6.07, 6.45) is 5.92. The average Bonchev–Trinajstić information content (AvgIpc) is 2.43. The lowest BCUT2D eigenvalue weighted by Gasteiger charge is -1.66. The van der Waals surface area contributed by atoms with Gasteiger partial charge in [0.2, 0.25) is 0 Å². The van der Waals surface area contributed by atoms with Gasteiger partial charge in [-0.1, -0.05) is 0 Å². The topological polar surface area (TPSA) is 23.8 Å². The molecule has 7 heavy (non-hydrogen) atoms. The first-order chi connectivity index (χ1) is 3.38. The van der Waals surface area contributed by atoms with E-state index in [0.29, 0.717) is 0 Å². The van der Waals surface area contributed by atoms with Crippen molar-refractivity contribution in [3.63, 3.8) is 0 Å². The zero-order valence-corrected chi connectivity index (χ0v) is 3.89. The summed E-state index contributed by atoms with van der Waals surface area (Å²) >= 11 is 0. The number of hydrogen-bond acceptors (Lipinski definition) is 1. The van der Waals surface area contributed by atoms with Gasteiger partial charge in [0.15, 0.2) is 0 Å². The lowest BCUT2D eigenvalue weighted by atomic mass is 10.4. The Kier molecular flexibility index (Phi) is 0.770. The van der Waals surface area contributed by atoms with Gasteiger partial charge in [-0.3, -0.25) is 0 Å². The van der Waals surface area contributed by atoms with E-state index in [0.717, 1.165) is 6.42 Å². The van der Waals surface area contributed by atoms with E-state index in [1.54, 1.807) is 0 Å². The lowest BCUT2D eigenvalue weighted by molar-refractivity contribution is 1.04. The monoisotopic (exact) mass is 91.0 g/mol. The van der Waals surface area contributed by atoms with Crippen LogP contribution in [-0.2, 0) is 0 Å². The molecule has 2 atom stereocenters. The average molecular weight is 91.1 g/mol. The van der Waals surface area contributed by atoms with E-state index in [1.807, 2.05) is 0 Å². The summed E-state index contributed by atoms with van der Waals surface area (Å²) in [7, 11) is 0. The van der Waals surface area contributed by atoms with Crippen LogP contribution in [0.25, 0.3) is 0 Å². The number of terminal acetylenes is 1. The standard InChI is InChI=1S/C6H5N/c1-2-5-3-6(5)4-7/h1,5-6H,3H2/t5-,6+/m1/s1. The van der Waals surface area contributed by atoms with Crippen molar-refractivity contribution < 1.29 is 0 Å². The molecule has 0 aliphatic heterocycles. The summed E-state index contributed by atoms with van der Waals surface area (Å²) < 4.78 is 0. The van der Waals surface area contributed by atoms with E-state index in [1.165, 1.54) is 0 Å². The van der Waals surface area contributed by atoms with Crippen LogP contribution < -0.4 is 0 Å². The maximum absolute atomic E-state index is 8.16. The van der Waals surface area contributed by atoms with Crippen LogP contribution in [0.4, 0.5) is 0 Å². The molecule has 1 aliphatic rings. The van der Waals surface area contributed by atoms with E-state index >= 15 is 0 Å². The number of nitriles is 1. The highest BCUT2D eigenvalue weighted by atomic mass is 14.4. The van der Waals surface area contributed by atoms with Crippen molar-refractivity contribution in [1.82, 2.24) is 0 Å². The first-order valence-electron chi connectivity index (χ1n) is 2.24. The zero-order chi connectivity index (χ0) is 5.28. The van der Waals surface area contributed by atoms with Gasteiger partial charge in [-0.25, -0.2) is 0 Å². The molecule has 0 amide bonds. The number of nitrogens with zero attached hydrogens (tertiary/aromatic N) is 1. The van der Waals surface area contributed by atoms with Gasteiger partial charge >= 0.3 is 0 Å². The zero-order valence-electron chi connectivity index (χ0n) is 3.89. The van der Waals surface area contributed by atoms with Crippen LogP contribution in [0.3, 0.4) is 0 Å². The molecular formula is C6H5N. The Labute approximate surface area is 42.9 Å². The molecule has 1 aliphatic carbocycles. The molecule has 0 bridgehead atoms. The van der Waals surface area contributed by atoms with Gasteiger partial charge in [0.05, 0.1) is 12.0 Å². The minimum absolute atomic E-state index is 0.185. The number of hydrogen-bond donors (Lipinski definition) is 0. The van der Waals surface area contributed by atoms with Crippen molar-refractivity contribution in [1.29, 1.82) is 5.26 Å². The predicted molar refractivity (Wildman–Crippen MR) is 26.0 cm³/mol. The molecule has 0 spiro atoms. The van der Waals surface area contributed by atoms with Gasteiger partial charge < -0.3 is 0 Å². The Hall–Kier alpha value is -0.950. The molecule has 34 valence electrons. The minimum atomic E-state index is 0.185. The summed E-state index contributed by atoms with van der Waals surface area (Å²) in [5.41, 5.74) is 0. The summed E-state index contributed by atoms with van der Waals surface area (Å²) in [4.78, 5) is 0. The normalized spacial score (nSPS) is 35.7. The van der Waals surface area contributed by atoms with Crippen LogP contribution in [0, 0.1) is 35.5 Å². The molecular weight excluding hydrogens is 86.1 g/mol. The van der Waals surface area contributed by atoms with E-state index in [4.69, 9.17) is 11.7 Å². The van der Waals surface area contributed by atoms with Crippen LogP contribution in [0.1, 0.15) is 6.42 Å². The van der Waals surface area contributed by atoms with Crippen LogP contribution in [-0.4, -0.2) is 0 Å². The molecule has 1 rings (SSSR count). The molecule has 0 saturated heterocycles. The summed E-state index contributed by atoms with van der Waals surface area (Å²) in [6, 6.07) is 2.10. The second kappa shape index (κ2) is 1.28. The molecule has 0 heterocycles. The maximum Gasteiger partial charge on any atom is 0.0669 e. The third-order valence-corrected chi connectivity index (χ3v) is 1.17. The quantitative estimate of drug-likeness (QED) is 0.404. The summed E-state index contributed by atoms with van der Waals surface area (Å²) in [5.74, 6) is 2.98. The maximum atomic E-state index is 8.16. The SMILES string of the molecule is C#C[C@@H]1C[C@H]1C#N. The van der Waals surface area contributed by atoms with Crippen molar-refractivity contribution in [3.8, 4) is 18.4 Å². The minimum Gasteiger partial charge on any atom is -0.198 e. The Bertz CT molecular complexity index is 129. The highest BCUT2D eigenvalue weighted by Crippen LogP contribution is 2.36. The van der Waals surface area contributed by atoms with Gasteiger partial charge in [-0.15, -0.1) is 12.3 Å². The summed E-state index contributed by atoms with van der Waals surface area (Å²) in [5, 5.41) is 8.16. The molecule has 1 heteroatoms. The molecule has 0 aromatic carbocycles. The van der Waals surface area contributed by atoms with Crippen molar-refractivity contribution in [3.05, 3.63) is 0 Å². The first kappa shape index (κ1) is 4.22. The molecule has 0 aromatic heterocycles. The molecule has 0 aromatic rings. The van der Waals surface area contributed by atoms with Crippen LogP contribution in [0.15, 0.2) is 0 Å². The Morgan fingerprint density at radius 2 is 2.29 bits per heavy atom. The largest absolute Gasteiger partial charge is 0.198 e. The second-order valence-electron chi connectivity index (χ2n) is 1.74. The highest BCUT2D eigenvalue weighted by Gasteiger charge is 2.35. The predicted octanol–water partition coefficient (Wildman–Crippen LogP) is 0.779. The van der Waals surface area contributed by atoms with Crippen molar-refractivity contribution in [2.45, 2.75) is 6.42 Å².